The Morgan fingerprint density at radius 3 is 3.16 bits per heavy atom. The molecular weight excluding hydrogens is 274 g/mol. The molecule has 3 nitrogen and oxygen atoms in total. The number of nitrogens with one attached hydrogen (secondary N) is 1. The Kier molecular flexibility index (Phi) is 3.86. The summed E-state index contributed by atoms with van der Waals surface area (Å²) in [5.41, 5.74) is 1.28. The molecule has 0 saturated heterocycles. The van der Waals surface area contributed by atoms with Gasteiger partial charge in [-0.15, -0.1) is 22.7 Å². The predicted molar refractivity (Wildman–Crippen MR) is 83.3 cm³/mol. The zero-order valence-corrected chi connectivity index (χ0v) is 13.0. The third-order valence-corrected chi connectivity index (χ3v) is 5.70. The summed E-state index contributed by atoms with van der Waals surface area (Å²) < 4.78 is 0. The first-order valence-electron chi connectivity index (χ1n) is 6.68. The molecule has 19 heavy (non-hydrogen) atoms. The van der Waals surface area contributed by atoms with Crippen LogP contribution < -0.4 is 10.2 Å². The number of hydrogen-bond acceptors (Lipinski definition) is 5. The standard InChI is InChI=1S/C14H19N3S2/c1-15-11-6-3-7-12-13(11)16-14(19-12)17(2)9-10-5-4-8-18-10/h4-5,8,11,15H,3,6-7,9H2,1-2H3. The number of fused-ring (bicyclic) bond motifs is 1. The molecule has 102 valence electrons. The van der Waals surface area contributed by atoms with Crippen LogP contribution in [0.25, 0.3) is 0 Å². The highest BCUT2D eigenvalue weighted by molar-refractivity contribution is 7.15. The fourth-order valence-electron chi connectivity index (χ4n) is 2.55. The van der Waals surface area contributed by atoms with Crippen molar-refractivity contribution in [3.63, 3.8) is 0 Å². The van der Waals surface area contributed by atoms with E-state index in [0.29, 0.717) is 6.04 Å². The highest BCUT2D eigenvalue weighted by Gasteiger charge is 2.24. The summed E-state index contributed by atoms with van der Waals surface area (Å²) in [5.74, 6) is 0. The van der Waals surface area contributed by atoms with Gasteiger partial charge in [-0.05, 0) is 37.8 Å². The van der Waals surface area contributed by atoms with Crippen LogP contribution in [0.2, 0.25) is 0 Å². The largest absolute Gasteiger partial charge is 0.346 e. The van der Waals surface area contributed by atoms with Crippen LogP contribution in [-0.4, -0.2) is 19.1 Å². The van der Waals surface area contributed by atoms with Gasteiger partial charge in [-0.3, -0.25) is 0 Å². The molecule has 0 radical (unpaired) electrons. The van der Waals surface area contributed by atoms with Crippen molar-refractivity contribution in [1.29, 1.82) is 0 Å². The number of aryl methyl sites for hydroxylation is 1. The SMILES string of the molecule is CNC1CCCc2sc(N(C)Cc3cccs3)nc21. The number of aromatic nitrogens is 1. The van der Waals surface area contributed by atoms with Crippen molar-refractivity contribution in [3.8, 4) is 0 Å². The van der Waals surface area contributed by atoms with Crippen LogP contribution in [0.4, 0.5) is 5.13 Å². The Labute approximate surface area is 122 Å². The van der Waals surface area contributed by atoms with E-state index in [2.05, 4.69) is 34.8 Å². The van der Waals surface area contributed by atoms with Gasteiger partial charge in [-0.1, -0.05) is 6.07 Å². The monoisotopic (exact) mass is 293 g/mol. The molecule has 5 heteroatoms. The second kappa shape index (κ2) is 5.61. The van der Waals surface area contributed by atoms with Crippen LogP contribution in [0.15, 0.2) is 17.5 Å². The van der Waals surface area contributed by atoms with Gasteiger partial charge in [0, 0.05) is 16.8 Å². The fourth-order valence-corrected chi connectivity index (χ4v) is 4.43. The van der Waals surface area contributed by atoms with Crippen molar-refractivity contribution < 1.29 is 0 Å². The first-order valence-corrected chi connectivity index (χ1v) is 8.38. The van der Waals surface area contributed by atoms with Crippen molar-refractivity contribution in [2.24, 2.45) is 0 Å². The van der Waals surface area contributed by atoms with E-state index in [1.165, 1.54) is 34.7 Å². The zero-order chi connectivity index (χ0) is 13.2. The van der Waals surface area contributed by atoms with Crippen molar-refractivity contribution in [2.75, 3.05) is 19.0 Å². The lowest BCUT2D eigenvalue weighted by molar-refractivity contribution is 0.490. The number of nitrogens with zero attached hydrogens (tertiary/aromatic N) is 2. The highest BCUT2D eigenvalue weighted by atomic mass is 32.1. The Morgan fingerprint density at radius 1 is 1.53 bits per heavy atom. The van der Waals surface area contributed by atoms with Gasteiger partial charge in [0.15, 0.2) is 5.13 Å². The maximum atomic E-state index is 4.87. The molecule has 0 saturated carbocycles. The molecule has 0 aliphatic heterocycles. The molecule has 1 atom stereocenters. The Bertz CT molecular complexity index is 533. The highest BCUT2D eigenvalue weighted by Crippen LogP contribution is 2.36. The number of hydrogen-bond donors (Lipinski definition) is 1. The molecule has 0 bridgehead atoms. The summed E-state index contributed by atoms with van der Waals surface area (Å²) in [6.07, 6.45) is 3.67. The average molecular weight is 293 g/mol. The van der Waals surface area contributed by atoms with Gasteiger partial charge in [0.2, 0.25) is 0 Å². The topological polar surface area (TPSA) is 28.2 Å². The lowest BCUT2D eigenvalue weighted by Crippen LogP contribution is -2.21. The lowest BCUT2D eigenvalue weighted by Gasteiger charge is -2.19. The second-order valence-electron chi connectivity index (χ2n) is 4.97. The van der Waals surface area contributed by atoms with Crippen LogP contribution in [0.1, 0.15) is 34.3 Å². The molecule has 1 N–H and O–H groups in total. The summed E-state index contributed by atoms with van der Waals surface area (Å²) in [5, 5.41) is 6.67. The molecule has 0 spiro atoms. The van der Waals surface area contributed by atoms with E-state index in [0.717, 1.165) is 11.7 Å². The van der Waals surface area contributed by atoms with E-state index in [1.807, 2.05) is 29.7 Å². The summed E-state index contributed by atoms with van der Waals surface area (Å²) in [6.45, 7) is 0.953. The van der Waals surface area contributed by atoms with Gasteiger partial charge in [-0.25, -0.2) is 4.98 Å². The Hall–Kier alpha value is -0.910. The van der Waals surface area contributed by atoms with E-state index < -0.39 is 0 Å². The number of anilines is 1. The third-order valence-electron chi connectivity index (χ3n) is 3.59. The van der Waals surface area contributed by atoms with Crippen molar-refractivity contribution in [2.45, 2.75) is 31.8 Å². The first kappa shape index (κ1) is 13.1. The quantitative estimate of drug-likeness (QED) is 0.936. The van der Waals surface area contributed by atoms with E-state index in [4.69, 9.17) is 4.98 Å². The van der Waals surface area contributed by atoms with Crippen LogP contribution in [0.3, 0.4) is 0 Å². The van der Waals surface area contributed by atoms with Gasteiger partial charge in [0.1, 0.15) is 0 Å². The maximum Gasteiger partial charge on any atom is 0.185 e. The maximum absolute atomic E-state index is 4.87. The Balaban J connectivity index is 1.80. The summed E-state index contributed by atoms with van der Waals surface area (Å²) in [7, 11) is 4.17. The molecule has 3 rings (SSSR count). The molecule has 2 aromatic heterocycles. The van der Waals surface area contributed by atoms with E-state index in [-0.39, 0.29) is 0 Å². The second-order valence-corrected chi connectivity index (χ2v) is 7.07. The number of thiophene rings is 1. The van der Waals surface area contributed by atoms with Crippen molar-refractivity contribution in [3.05, 3.63) is 33.0 Å². The minimum absolute atomic E-state index is 0.448. The molecule has 0 amide bonds. The molecule has 1 unspecified atom stereocenters. The average Bonchev–Trinajstić information content (AvgIpc) is 3.06. The van der Waals surface area contributed by atoms with Gasteiger partial charge < -0.3 is 10.2 Å². The van der Waals surface area contributed by atoms with Gasteiger partial charge in [0.25, 0.3) is 0 Å². The minimum atomic E-state index is 0.448. The molecule has 0 fully saturated rings. The van der Waals surface area contributed by atoms with Gasteiger partial charge >= 0.3 is 0 Å². The fraction of sp³-hybridized carbons (Fsp3) is 0.500. The first-order chi connectivity index (χ1) is 9.28. The number of rotatable bonds is 4. The Morgan fingerprint density at radius 2 is 2.42 bits per heavy atom. The molecule has 2 heterocycles. The predicted octanol–water partition coefficient (Wildman–Crippen LogP) is 3.44. The molecule has 2 aromatic rings. The number of thiazole rings is 1. The molecule has 1 aliphatic carbocycles. The van der Waals surface area contributed by atoms with Crippen LogP contribution in [0, 0.1) is 0 Å². The summed E-state index contributed by atoms with van der Waals surface area (Å²) in [6, 6.07) is 4.74. The minimum Gasteiger partial charge on any atom is -0.346 e. The normalized spacial score (nSPS) is 18.3. The lowest BCUT2D eigenvalue weighted by atomic mass is 9.98. The van der Waals surface area contributed by atoms with E-state index in [1.54, 1.807) is 0 Å². The molecule has 1 aliphatic rings. The van der Waals surface area contributed by atoms with Crippen molar-refractivity contribution >= 4 is 27.8 Å². The zero-order valence-electron chi connectivity index (χ0n) is 11.3. The van der Waals surface area contributed by atoms with E-state index >= 15 is 0 Å². The smallest absolute Gasteiger partial charge is 0.185 e. The van der Waals surface area contributed by atoms with Gasteiger partial charge in [0.05, 0.1) is 18.3 Å². The van der Waals surface area contributed by atoms with Crippen molar-refractivity contribution in [1.82, 2.24) is 10.3 Å². The molecular formula is C14H19N3S2. The van der Waals surface area contributed by atoms with Crippen LogP contribution in [-0.2, 0) is 13.0 Å². The third kappa shape index (κ3) is 2.68. The molecule has 0 aromatic carbocycles. The van der Waals surface area contributed by atoms with Gasteiger partial charge in [-0.2, -0.15) is 0 Å². The van der Waals surface area contributed by atoms with Crippen LogP contribution in [0.5, 0.6) is 0 Å². The van der Waals surface area contributed by atoms with E-state index in [9.17, 15) is 0 Å². The summed E-state index contributed by atoms with van der Waals surface area (Å²) in [4.78, 5) is 10.00. The van der Waals surface area contributed by atoms with Crippen LogP contribution >= 0.6 is 22.7 Å². The summed E-state index contributed by atoms with van der Waals surface area (Å²) >= 11 is 3.67.